The molecule has 2 N–H and O–H groups in total. The van der Waals surface area contributed by atoms with Gasteiger partial charge in [0.25, 0.3) is 0 Å². The Hall–Kier alpha value is -2.15. The van der Waals surface area contributed by atoms with Gasteiger partial charge < -0.3 is 4.90 Å². The van der Waals surface area contributed by atoms with Crippen LogP contribution in [0.4, 0.5) is 5.69 Å². The quantitative estimate of drug-likeness (QED) is 0.862. The normalized spacial score (nSPS) is 20.0. The summed E-state index contributed by atoms with van der Waals surface area (Å²) in [5, 5.41) is 5.17. The number of piperazine rings is 1. The SMILES string of the molecule is NS(=O)(=O)c1ccc(N2CCN(CCC3C=Cc4ccccc43)CC2)cc1. The number of anilines is 1. The summed E-state index contributed by atoms with van der Waals surface area (Å²) in [6.45, 7) is 5.04. The van der Waals surface area contributed by atoms with Crippen LogP contribution < -0.4 is 10.0 Å². The third-order valence-corrected chi connectivity index (χ3v) is 6.49. The molecular formula is C21H25N3O2S. The van der Waals surface area contributed by atoms with Crippen molar-refractivity contribution in [3.63, 3.8) is 0 Å². The maximum absolute atomic E-state index is 11.4. The van der Waals surface area contributed by atoms with E-state index in [4.69, 9.17) is 5.14 Å². The van der Waals surface area contributed by atoms with E-state index in [1.54, 1.807) is 12.1 Å². The number of rotatable bonds is 5. The minimum absolute atomic E-state index is 0.162. The molecule has 27 heavy (non-hydrogen) atoms. The summed E-state index contributed by atoms with van der Waals surface area (Å²) >= 11 is 0. The number of allylic oxidation sites excluding steroid dienone is 1. The molecule has 4 rings (SSSR count). The van der Waals surface area contributed by atoms with Crippen molar-refractivity contribution in [3.8, 4) is 0 Å². The first-order valence-electron chi connectivity index (χ1n) is 9.38. The number of hydrogen-bond donors (Lipinski definition) is 1. The molecule has 0 spiro atoms. The van der Waals surface area contributed by atoms with Gasteiger partial charge in [-0.05, 0) is 48.4 Å². The van der Waals surface area contributed by atoms with Crippen LogP contribution in [-0.4, -0.2) is 46.0 Å². The van der Waals surface area contributed by atoms with Crippen LogP contribution in [-0.2, 0) is 10.0 Å². The molecule has 2 aromatic rings. The highest BCUT2D eigenvalue weighted by atomic mass is 32.2. The highest BCUT2D eigenvalue weighted by molar-refractivity contribution is 7.89. The van der Waals surface area contributed by atoms with Crippen molar-refractivity contribution < 1.29 is 8.42 Å². The van der Waals surface area contributed by atoms with Gasteiger partial charge in [0.1, 0.15) is 0 Å². The van der Waals surface area contributed by atoms with Crippen molar-refractivity contribution in [3.05, 3.63) is 65.7 Å². The molecule has 142 valence electrons. The summed E-state index contributed by atoms with van der Waals surface area (Å²) in [7, 11) is -3.63. The van der Waals surface area contributed by atoms with E-state index in [-0.39, 0.29) is 4.90 Å². The molecule has 1 fully saturated rings. The van der Waals surface area contributed by atoms with Crippen LogP contribution >= 0.6 is 0 Å². The lowest BCUT2D eigenvalue weighted by atomic mass is 9.97. The Morgan fingerprint density at radius 1 is 0.963 bits per heavy atom. The van der Waals surface area contributed by atoms with Gasteiger partial charge in [-0.1, -0.05) is 36.4 Å². The third-order valence-electron chi connectivity index (χ3n) is 5.56. The second-order valence-electron chi connectivity index (χ2n) is 7.25. The lowest BCUT2D eigenvalue weighted by Gasteiger charge is -2.36. The minimum atomic E-state index is -3.63. The minimum Gasteiger partial charge on any atom is -0.369 e. The molecule has 0 radical (unpaired) electrons. The topological polar surface area (TPSA) is 66.6 Å². The van der Waals surface area contributed by atoms with Gasteiger partial charge in [-0.2, -0.15) is 0 Å². The summed E-state index contributed by atoms with van der Waals surface area (Å²) in [4.78, 5) is 4.98. The van der Waals surface area contributed by atoms with Crippen molar-refractivity contribution in [2.75, 3.05) is 37.6 Å². The lowest BCUT2D eigenvalue weighted by molar-refractivity contribution is 0.252. The van der Waals surface area contributed by atoms with E-state index in [0.29, 0.717) is 5.92 Å². The largest absolute Gasteiger partial charge is 0.369 e. The van der Waals surface area contributed by atoms with Gasteiger partial charge in [0, 0.05) is 37.8 Å². The van der Waals surface area contributed by atoms with Gasteiger partial charge in [-0.15, -0.1) is 0 Å². The molecule has 6 heteroatoms. The van der Waals surface area contributed by atoms with E-state index in [2.05, 4.69) is 46.2 Å². The molecular weight excluding hydrogens is 358 g/mol. The smallest absolute Gasteiger partial charge is 0.238 e. The van der Waals surface area contributed by atoms with E-state index in [0.717, 1.165) is 44.8 Å². The zero-order valence-electron chi connectivity index (χ0n) is 15.3. The molecule has 0 amide bonds. The van der Waals surface area contributed by atoms with Crippen LogP contribution in [0.15, 0.2) is 59.5 Å². The first-order valence-corrected chi connectivity index (χ1v) is 10.9. The van der Waals surface area contributed by atoms with Crippen molar-refractivity contribution >= 4 is 21.8 Å². The average Bonchev–Trinajstić information content (AvgIpc) is 3.09. The van der Waals surface area contributed by atoms with Gasteiger partial charge in [-0.3, -0.25) is 4.90 Å². The average molecular weight is 384 g/mol. The Kier molecular flexibility index (Phi) is 5.04. The molecule has 1 saturated heterocycles. The summed E-state index contributed by atoms with van der Waals surface area (Å²) < 4.78 is 22.7. The first kappa shape index (κ1) is 18.2. The van der Waals surface area contributed by atoms with E-state index >= 15 is 0 Å². The molecule has 2 aromatic carbocycles. The fourth-order valence-corrected chi connectivity index (χ4v) is 4.49. The van der Waals surface area contributed by atoms with Gasteiger partial charge in [0.15, 0.2) is 0 Å². The van der Waals surface area contributed by atoms with Gasteiger partial charge in [-0.25, -0.2) is 13.6 Å². The highest BCUT2D eigenvalue weighted by Crippen LogP contribution is 2.32. The number of primary sulfonamides is 1. The first-order chi connectivity index (χ1) is 13.0. The van der Waals surface area contributed by atoms with E-state index < -0.39 is 10.0 Å². The number of fused-ring (bicyclic) bond motifs is 1. The van der Waals surface area contributed by atoms with Gasteiger partial charge in [0.05, 0.1) is 4.90 Å². The number of nitrogens with two attached hydrogens (primary N) is 1. The highest BCUT2D eigenvalue weighted by Gasteiger charge is 2.21. The van der Waals surface area contributed by atoms with Crippen molar-refractivity contribution in [2.45, 2.75) is 17.2 Å². The summed E-state index contributed by atoms with van der Waals surface area (Å²) in [6, 6.07) is 15.5. The van der Waals surface area contributed by atoms with Crippen LogP contribution in [0.3, 0.4) is 0 Å². The molecule has 1 aliphatic carbocycles. The fraction of sp³-hybridized carbons (Fsp3) is 0.333. The number of nitrogens with zero attached hydrogens (tertiary/aromatic N) is 2. The summed E-state index contributed by atoms with van der Waals surface area (Å²) in [5.41, 5.74) is 3.86. The van der Waals surface area contributed by atoms with E-state index in [1.807, 2.05) is 12.1 Å². The number of benzene rings is 2. The van der Waals surface area contributed by atoms with Crippen molar-refractivity contribution in [1.82, 2.24) is 4.90 Å². The van der Waals surface area contributed by atoms with Crippen molar-refractivity contribution in [2.24, 2.45) is 5.14 Å². The Morgan fingerprint density at radius 3 is 2.37 bits per heavy atom. The maximum atomic E-state index is 11.4. The molecule has 1 unspecified atom stereocenters. The second-order valence-corrected chi connectivity index (χ2v) is 8.81. The third kappa shape index (κ3) is 4.08. The molecule has 1 heterocycles. The summed E-state index contributed by atoms with van der Waals surface area (Å²) in [5.74, 6) is 0.532. The fourth-order valence-electron chi connectivity index (χ4n) is 3.97. The predicted octanol–water partition coefficient (Wildman–Crippen LogP) is 2.66. The maximum Gasteiger partial charge on any atom is 0.238 e. The van der Waals surface area contributed by atoms with Crippen LogP contribution in [0.2, 0.25) is 0 Å². The van der Waals surface area contributed by atoms with Crippen LogP contribution in [0.25, 0.3) is 6.08 Å². The van der Waals surface area contributed by atoms with E-state index in [1.165, 1.54) is 11.1 Å². The zero-order valence-corrected chi connectivity index (χ0v) is 16.1. The van der Waals surface area contributed by atoms with Crippen LogP contribution in [0.1, 0.15) is 23.5 Å². The van der Waals surface area contributed by atoms with Crippen LogP contribution in [0.5, 0.6) is 0 Å². The second kappa shape index (κ2) is 7.46. The molecule has 0 aromatic heterocycles. The monoisotopic (exact) mass is 383 g/mol. The van der Waals surface area contributed by atoms with Crippen molar-refractivity contribution in [1.29, 1.82) is 0 Å². The Balaban J connectivity index is 1.29. The molecule has 2 aliphatic rings. The van der Waals surface area contributed by atoms with Crippen LogP contribution in [0, 0.1) is 0 Å². The lowest BCUT2D eigenvalue weighted by Crippen LogP contribution is -2.46. The van der Waals surface area contributed by atoms with Gasteiger partial charge >= 0.3 is 0 Å². The predicted molar refractivity (Wildman–Crippen MR) is 109 cm³/mol. The Bertz CT molecular complexity index is 930. The van der Waals surface area contributed by atoms with E-state index in [9.17, 15) is 8.42 Å². The molecule has 1 aliphatic heterocycles. The molecule has 0 bridgehead atoms. The summed E-state index contributed by atoms with van der Waals surface area (Å²) in [6.07, 6.45) is 5.72. The molecule has 0 saturated carbocycles. The number of sulfonamides is 1. The molecule has 5 nitrogen and oxygen atoms in total. The Morgan fingerprint density at radius 2 is 1.67 bits per heavy atom. The zero-order chi connectivity index (χ0) is 18.9. The Labute approximate surface area is 161 Å². The number of hydrogen-bond acceptors (Lipinski definition) is 4. The standard InChI is InChI=1S/C21H25N3O2S/c22-27(25,26)20-9-7-19(8-10-20)24-15-13-23(14-16-24)12-11-18-6-5-17-3-1-2-4-21(17)18/h1-10,18H,11-16H2,(H2,22,25,26). The molecule has 1 atom stereocenters. The van der Waals surface area contributed by atoms with Gasteiger partial charge in [0.2, 0.25) is 10.0 Å².